The van der Waals surface area contributed by atoms with E-state index in [0.29, 0.717) is 17.5 Å². The predicted octanol–water partition coefficient (Wildman–Crippen LogP) is 13.8. The van der Waals surface area contributed by atoms with Crippen LogP contribution in [0.4, 0.5) is 0 Å². The molecule has 10 aromatic rings. The topological polar surface area (TPSA) is 51.6 Å². The summed E-state index contributed by atoms with van der Waals surface area (Å²) in [6.07, 6.45) is 1.87. The van der Waals surface area contributed by atoms with Crippen LogP contribution >= 0.6 is 0 Å². The van der Waals surface area contributed by atoms with Crippen molar-refractivity contribution in [2.75, 3.05) is 0 Å². The summed E-state index contributed by atoms with van der Waals surface area (Å²) in [7, 11) is 0. The molecule has 58 heavy (non-hydrogen) atoms. The monoisotopic (exact) mass is 740 g/mol. The van der Waals surface area contributed by atoms with Gasteiger partial charge < -0.3 is 0 Å². The van der Waals surface area contributed by atoms with Gasteiger partial charge in [0.15, 0.2) is 17.5 Å². The number of aromatic nitrogens is 4. The SMILES string of the molecule is c1ccc(-c2cc(-c3ccccc3)cc(-c3cccc(-c4nc(-c5cccc(-c6nccc7ccccc67)c5)nc(-c5ccccc5-c5ccccc5)n4)c3)c2)cc1. The molecular formula is C54H36N4. The smallest absolute Gasteiger partial charge is 0.164 e. The number of rotatable bonds is 8. The average molecular weight is 741 g/mol. The summed E-state index contributed by atoms with van der Waals surface area (Å²) < 4.78 is 0. The molecule has 0 aliphatic carbocycles. The van der Waals surface area contributed by atoms with Crippen LogP contribution in [0.25, 0.3) is 101 Å². The first-order valence-corrected chi connectivity index (χ1v) is 19.5. The molecule has 4 nitrogen and oxygen atoms in total. The third-order valence-corrected chi connectivity index (χ3v) is 10.6. The van der Waals surface area contributed by atoms with Crippen LogP contribution in [0.15, 0.2) is 219 Å². The minimum atomic E-state index is 0.591. The van der Waals surface area contributed by atoms with E-state index in [1.54, 1.807) is 0 Å². The summed E-state index contributed by atoms with van der Waals surface area (Å²) in [5.41, 5.74) is 13.6. The second kappa shape index (κ2) is 15.4. The van der Waals surface area contributed by atoms with Gasteiger partial charge in [0.1, 0.15) is 0 Å². The lowest BCUT2D eigenvalue weighted by Gasteiger charge is -2.14. The molecule has 0 aliphatic rings. The van der Waals surface area contributed by atoms with Crippen molar-refractivity contribution in [2.24, 2.45) is 0 Å². The maximum absolute atomic E-state index is 5.24. The van der Waals surface area contributed by atoms with Gasteiger partial charge in [0.25, 0.3) is 0 Å². The lowest BCUT2D eigenvalue weighted by Crippen LogP contribution is -2.01. The van der Waals surface area contributed by atoms with Crippen molar-refractivity contribution >= 4 is 10.8 Å². The molecule has 0 fully saturated rings. The third-order valence-electron chi connectivity index (χ3n) is 10.6. The van der Waals surface area contributed by atoms with Gasteiger partial charge in [0.2, 0.25) is 0 Å². The lowest BCUT2D eigenvalue weighted by molar-refractivity contribution is 1.07. The highest BCUT2D eigenvalue weighted by atomic mass is 15.0. The van der Waals surface area contributed by atoms with Crippen molar-refractivity contribution < 1.29 is 0 Å². The molecular weight excluding hydrogens is 705 g/mol. The van der Waals surface area contributed by atoms with Gasteiger partial charge in [-0.05, 0) is 86.3 Å². The summed E-state index contributed by atoms with van der Waals surface area (Å²) >= 11 is 0. The van der Waals surface area contributed by atoms with Gasteiger partial charge in [0.05, 0.1) is 5.69 Å². The van der Waals surface area contributed by atoms with Crippen LogP contribution in [0, 0.1) is 0 Å². The Balaban J connectivity index is 1.14. The molecule has 0 bridgehead atoms. The molecule has 8 aromatic carbocycles. The van der Waals surface area contributed by atoms with Crippen molar-refractivity contribution in [2.45, 2.75) is 0 Å². The number of hydrogen-bond donors (Lipinski definition) is 0. The zero-order valence-corrected chi connectivity index (χ0v) is 31.6. The summed E-state index contributed by atoms with van der Waals surface area (Å²) in [5.74, 6) is 1.80. The van der Waals surface area contributed by atoms with Crippen LogP contribution in [-0.4, -0.2) is 19.9 Å². The summed E-state index contributed by atoms with van der Waals surface area (Å²) in [6.45, 7) is 0. The number of pyridine rings is 1. The second-order valence-corrected chi connectivity index (χ2v) is 14.3. The first-order chi connectivity index (χ1) is 28.7. The van der Waals surface area contributed by atoms with E-state index in [1.807, 2.05) is 24.4 Å². The highest BCUT2D eigenvalue weighted by Gasteiger charge is 2.17. The van der Waals surface area contributed by atoms with Gasteiger partial charge in [-0.15, -0.1) is 0 Å². The summed E-state index contributed by atoms with van der Waals surface area (Å²) in [6, 6.07) is 74.0. The molecule has 0 amide bonds. The van der Waals surface area contributed by atoms with Gasteiger partial charge in [-0.1, -0.05) is 176 Å². The number of nitrogens with zero attached hydrogens (tertiary/aromatic N) is 4. The van der Waals surface area contributed by atoms with Crippen molar-refractivity contribution in [3.05, 3.63) is 219 Å². The zero-order valence-electron chi connectivity index (χ0n) is 31.6. The highest BCUT2D eigenvalue weighted by molar-refractivity contribution is 5.95. The van der Waals surface area contributed by atoms with E-state index in [4.69, 9.17) is 19.9 Å². The molecule has 0 spiro atoms. The van der Waals surface area contributed by atoms with E-state index in [1.165, 1.54) is 11.1 Å². The predicted molar refractivity (Wildman–Crippen MR) is 239 cm³/mol. The molecule has 272 valence electrons. The van der Waals surface area contributed by atoms with Crippen LogP contribution in [0.1, 0.15) is 0 Å². The maximum atomic E-state index is 5.24. The molecule has 0 atom stereocenters. The molecule has 0 aliphatic heterocycles. The largest absolute Gasteiger partial charge is 0.256 e. The second-order valence-electron chi connectivity index (χ2n) is 14.3. The summed E-state index contributed by atoms with van der Waals surface area (Å²) in [4.78, 5) is 20.5. The molecule has 0 saturated heterocycles. The van der Waals surface area contributed by atoms with E-state index in [0.717, 1.165) is 72.1 Å². The Morgan fingerprint density at radius 2 is 0.690 bits per heavy atom. The normalized spacial score (nSPS) is 11.1. The molecule has 10 rings (SSSR count). The van der Waals surface area contributed by atoms with E-state index in [-0.39, 0.29) is 0 Å². The van der Waals surface area contributed by atoms with Gasteiger partial charge >= 0.3 is 0 Å². The Kier molecular flexibility index (Phi) is 9.18. The van der Waals surface area contributed by atoms with Crippen molar-refractivity contribution in [3.8, 4) is 89.9 Å². The van der Waals surface area contributed by atoms with Crippen molar-refractivity contribution in [1.29, 1.82) is 0 Å². The first kappa shape index (κ1) is 34.7. The Morgan fingerprint density at radius 3 is 1.33 bits per heavy atom. The quantitative estimate of drug-likeness (QED) is 0.156. The lowest BCUT2D eigenvalue weighted by atomic mass is 9.93. The fraction of sp³-hybridized carbons (Fsp3) is 0. The average Bonchev–Trinajstić information content (AvgIpc) is 3.32. The minimum Gasteiger partial charge on any atom is -0.256 e. The van der Waals surface area contributed by atoms with Crippen LogP contribution in [0.2, 0.25) is 0 Å². The van der Waals surface area contributed by atoms with Crippen LogP contribution in [0.5, 0.6) is 0 Å². The molecule has 0 N–H and O–H groups in total. The number of hydrogen-bond acceptors (Lipinski definition) is 4. The Labute approximate surface area is 337 Å². The maximum Gasteiger partial charge on any atom is 0.164 e. The Bertz CT molecular complexity index is 2990. The standard InChI is InChI=1S/C54H36N4/c1-4-16-37(17-5-1)45-34-46(38-18-6-2-7-19-38)36-47(35-45)41-23-14-25-43(32-41)52-56-53(58-54(57-52)50-29-13-12-27-48(50)39-20-8-3-9-21-39)44-26-15-24-42(33-44)51-49-28-11-10-22-40(49)30-31-55-51/h1-36H. The van der Waals surface area contributed by atoms with Crippen LogP contribution < -0.4 is 0 Å². The third kappa shape index (κ3) is 6.95. The highest BCUT2D eigenvalue weighted by Crippen LogP contribution is 2.37. The zero-order chi connectivity index (χ0) is 38.7. The number of fused-ring (bicyclic) bond motifs is 1. The van der Waals surface area contributed by atoms with E-state index < -0.39 is 0 Å². The van der Waals surface area contributed by atoms with Gasteiger partial charge in [0, 0.05) is 33.8 Å². The fourth-order valence-corrected chi connectivity index (χ4v) is 7.68. The fourth-order valence-electron chi connectivity index (χ4n) is 7.68. The first-order valence-electron chi connectivity index (χ1n) is 19.5. The van der Waals surface area contributed by atoms with Crippen molar-refractivity contribution in [1.82, 2.24) is 19.9 Å². The Hall–Kier alpha value is -7.82. The minimum absolute atomic E-state index is 0.591. The van der Waals surface area contributed by atoms with E-state index in [2.05, 4.69) is 194 Å². The summed E-state index contributed by atoms with van der Waals surface area (Å²) in [5, 5.41) is 2.24. The molecule has 2 heterocycles. The van der Waals surface area contributed by atoms with Crippen molar-refractivity contribution in [3.63, 3.8) is 0 Å². The molecule has 0 saturated carbocycles. The number of benzene rings is 8. The van der Waals surface area contributed by atoms with Gasteiger partial charge in [-0.3, -0.25) is 4.98 Å². The van der Waals surface area contributed by atoms with Crippen LogP contribution in [-0.2, 0) is 0 Å². The molecule has 0 unspecified atom stereocenters. The molecule has 4 heteroatoms. The van der Waals surface area contributed by atoms with Gasteiger partial charge in [-0.2, -0.15) is 0 Å². The molecule has 0 radical (unpaired) electrons. The van der Waals surface area contributed by atoms with E-state index in [9.17, 15) is 0 Å². The van der Waals surface area contributed by atoms with Crippen LogP contribution in [0.3, 0.4) is 0 Å². The Morgan fingerprint density at radius 1 is 0.259 bits per heavy atom. The van der Waals surface area contributed by atoms with Gasteiger partial charge in [-0.25, -0.2) is 15.0 Å². The molecule has 2 aromatic heterocycles. The van der Waals surface area contributed by atoms with E-state index >= 15 is 0 Å².